The number of fused-ring (bicyclic) bond motifs is 1. The number of carbonyl (C=O) groups is 2. The fraction of sp³-hybridized carbons (Fsp3) is 0.400. The first kappa shape index (κ1) is 14.1. The zero-order chi connectivity index (χ0) is 15.0. The summed E-state index contributed by atoms with van der Waals surface area (Å²) in [4.78, 5) is 29.4. The molecule has 1 fully saturated rings. The van der Waals surface area contributed by atoms with Crippen LogP contribution in [0.5, 0.6) is 0 Å². The van der Waals surface area contributed by atoms with Crippen LogP contribution in [-0.4, -0.2) is 28.3 Å². The third-order valence-electron chi connectivity index (χ3n) is 3.52. The summed E-state index contributed by atoms with van der Waals surface area (Å²) in [5, 5.41) is 0.0927. The van der Waals surface area contributed by atoms with E-state index in [4.69, 9.17) is 4.42 Å². The summed E-state index contributed by atoms with van der Waals surface area (Å²) < 4.78 is 5.51. The van der Waals surface area contributed by atoms with Gasteiger partial charge in [0.25, 0.3) is 0 Å². The van der Waals surface area contributed by atoms with Gasteiger partial charge in [0.1, 0.15) is 5.52 Å². The minimum absolute atomic E-state index is 0.0808. The number of rotatable bonds is 3. The highest BCUT2D eigenvalue weighted by Crippen LogP contribution is 2.32. The van der Waals surface area contributed by atoms with Crippen molar-refractivity contribution in [3.05, 3.63) is 24.1 Å². The van der Waals surface area contributed by atoms with Crippen LogP contribution in [0.15, 0.2) is 22.6 Å². The van der Waals surface area contributed by atoms with E-state index >= 15 is 0 Å². The maximum atomic E-state index is 12.3. The first-order valence-corrected chi connectivity index (χ1v) is 7.83. The topological polar surface area (TPSA) is 63.4 Å². The third kappa shape index (κ3) is 2.81. The van der Waals surface area contributed by atoms with Gasteiger partial charge in [-0.2, -0.15) is 0 Å². The van der Waals surface area contributed by atoms with Gasteiger partial charge in [0.15, 0.2) is 16.6 Å². The Labute approximate surface area is 126 Å². The molecular formula is C15H16N2O3S. The predicted octanol–water partition coefficient (Wildman–Crippen LogP) is 2.77. The Balaban J connectivity index is 1.85. The Morgan fingerprint density at radius 2 is 2.33 bits per heavy atom. The van der Waals surface area contributed by atoms with Crippen molar-refractivity contribution in [2.75, 3.05) is 17.2 Å². The van der Waals surface area contributed by atoms with Crippen LogP contribution < -0.4 is 4.90 Å². The monoisotopic (exact) mass is 304 g/mol. The lowest BCUT2D eigenvalue weighted by Crippen LogP contribution is -2.25. The molecule has 1 aliphatic rings. The van der Waals surface area contributed by atoms with Gasteiger partial charge in [0, 0.05) is 32.6 Å². The van der Waals surface area contributed by atoms with E-state index in [2.05, 4.69) is 4.98 Å². The maximum Gasteiger partial charge on any atom is 0.227 e. The Hall–Kier alpha value is -1.82. The lowest BCUT2D eigenvalue weighted by molar-refractivity contribution is -0.117. The highest BCUT2D eigenvalue weighted by atomic mass is 32.2. The number of hydrogen-bond acceptors (Lipinski definition) is 5. The SMILES string of the molecule is CC(=O)SCC1CC(=O)N(c2cccc3oc(C)nc23)C1. The van der Waals surface area contributed by atoms with Crippen LogP contribution >= 0.6 is 11.8 Å². The van der Waals surface area contributed by atoms with Crippen LogP contribution in [0.3, 0.4) is 0 Å². The number of para-hydroxylation sites is 1. The molecule has 1 aliphatic heterocycles. The molecule has 1 aromatic carbocycles. The van der Waals surface area contributed by atoms with E-state index < -0.39 is 0 Å². The highest BCUT2D eigenvalue weighted by Gasteiger charge is 2.32. The van der Waals surface area contributed by atoms with Crippen LogP contribution in [0.2, 0.25) is 0 Å². The zero-order valence-corrected chi connectivity index (χ0v) is 12.8. The van der Waals surface area contributed by atoms with Gasteiger partial charge in [0.05, 0.1) is 5.69 Å². The summed E-state index contributed by atoms with van der Waals surface area (Å²) in [6, 6.07) is 5.61. The van der Waals surface area contributed by atoms with Crippen LogP contribution in [0.1, 0.15) is 19.2 Å². The Bertz CT molecular complexity index is 710. The van der Waals surface area contributed by atoms with E-state index in [1.165, 1.54) is 11.8 Å². The zero-order valence-electron chi connectivity index (χ0n) is 12.0. The average molecular weight is 304 g/mol. The van der Waals surface area contributed by atoms with Gasteiger partial charge in [-0.1, -0.05) is 17.8 Å². The Morgan fingerprint density at radius 1 is 1.52 bits per heavy atom. The Kier molecular flexibility index (Phi) is 3.71. The van der Waals surface area contributed by atoms with Crippen molar-refractivity contribution in [2.24, 2.45) is 5.92 Å². The van der Waals surface area contributed by atoms with E-state index in [1.807, 2.05) is 18.2 Å². The fourth-order valence-electron chi connectivity index (χ4n) is 2.62. The summed E-state index contributed by atoms with van der Waals surface area (Å²) in [7, 11) is 0. The standard InChI is InChI=1S/C15H16N2O3S/c1-9-16-15-12(4-3-5-13(15)20-9)17-7-11(6-14(17)19)8-21-10(2)18/h3-5,11H,6-8H2,1-2H3. The summed E-state index contributed by atoms with van der Waals surface area (Å²) in [6.45, 7) is 3.98. The van der Waals surface area contributed by atoms with Crippen LogP contribution in [0.25, 0.3) is 11.1 Å². The van der Waals surface area contributed by atoms with Crippen molar-refractivity contribution in [1.82, 2.24) is 4.98 Å². The number of oxazole rings is 1. The molecule has 1 amide bonds. The summed E-state index contributed by atoms with van der Waals surface area (Å²) in [5.41, 5.74) is 2.22. The second kappa shape index (κ2) is 5.52. The molecule has 0 bridgehead atoms. The molecule has 0 N–H and O–H groups in total. The molecule has 1 unspecified atom stereocenters. The second-order valence-electron chi connectivity index (χ2n) is 5.23. The van der Waals surface area contributed by atoms with E-state index in [-0.39, 0.29) is 16.9 Å². The Morgan fingerprint density at radius 3 is 3.10 bits per heavy atom. The predicted molar refractivity (Wildman–Crippen MR) is 82.3 cm³/mol. The van der Waals surface area contributed by atoms with Gasteiger partial charge in [-0.25, -0.2) is 4.98 Å². The molecule has 1 aromatic heterocycles. The third-order valence-corrected chi connectivity index (χ3v) is 4.57. The van der Waals surface area contributed by atoms with Gasteiger partial charge < -0.3 is 9.32 Å². The molecule has 0 saturated carbocycles. The second-order valence-corrected chi connectivity index (χ2v) is 6.43. The normalized spacial score (nSPS) is 18.7. The molecule has 0 spiro atoms. The highest BCUT2D eigenvalue weighted by molar-refractivity contribution is 8.13. The molecule has 0 radical (unpaired) electrons. The van der Waals surface area contributed by atoms with Crippen molar-refractivity contribution in [3.63, 3.8) is 0 Å². The molecule has 1 atom stereocenters. The molecule has 6 heteroatoms. The molecule has 5 nitrogen and oxygen atoms in total. The summed E-state index contributed by atoms with van der Waals surface area (Å²) in [6.07, 6.45) is 0.480. The smallest absolute Gasteiger partial charge is 0.227 e. The minimum Gasteiger partial charge on any atom is -0.441 e. The lowest BCUT2D eigenvalue weighted by Gasteiger charge is -2.16. The van der Waals surface area contributed by atoms with Crippen LogP contribution in [0.4, 0.5) is 5.69 Å². The van der Waals surface area contributed by atoms with Crippen molar-refractivity contribution >= 4 is 39.6 Å². The van der Waals surface area contributed by atoms with E-state index in [0.717, 1.165) is 11.2 Å². The summed E-state index contributed by atoms with van der Waals surface area (Å²) >= 11 is 1.28. The number of aromatic nitrogens is 1. The number of aryl methyl sites for hydroxylation is 1. The molecular weight excluding hydrogens is 288 g/mol. The number of amides is 1. The number of hydrogen-bond donors (Lipinski definition) is 0. The van der Waals surface area contributed by atoms with E-state index in [1.54, 1.807) is 18.7 Å². The largest absolute Gasteiger partial charge is 0.441 e. The van der Waals surface area contributed by atoms with Crippen molar-refractivity contribution in [2.45, 2.75) is 20.3 Å². The number of thioether (sulfide) groups is 1. The van der Waals surface area contributed by atoms with Crippen molar-refractivity contribution in [1.29, 1.82) is 0 Å². The molecule has 21 heavy (non-hydrogen) atoms. The minimum atomic E-state index is 0.0808. The molecule has 2 aromatic rings. The first-order valence-electron chi connectivity index (χ1n) is 6.84. The number of nitrogens with zero attached hydrogens (tertiary/aromatic N) is 2. The quantitative estimate of drug-likeness (QED) is 0.872. The van der Waals surface area contributed by atoms with Gasteiger partial charge in [0.2, 0.25) is 5.91 Å². The van der Waals surface area contributed by atoms with Crippen LogP contribution in [0, 0.1) is 12.8 Å². The van der Waals surface area contributed by atoms with Gasteiger partial charge in [-0.05, 0) is 18.1 Å². The molecule has 110 valence electrons. The lowest BCUT2D eigenvalue weighted by atomic mass is 10.1. The number of anilines is 1. The van der Waals surface area contributed by atoms with Gasteiger partial charge in [-0.15, -0.1) is 0 Å². The average Bonchev–Trinajstić information content (AvgIpc) is 2.98. The summed E-state index contributed by atoms with van der Waals surface area (Å²) in [5.74, 6) is 1.56. The molecule has 1 saturated heterocycles. The maximum absolute atomic E-state index is 12.3. The van der Waals surface area contributed by atoms with Gasteiger partial charge in [-0.3, -0.25) is 9.59 Å². The molecule has 2 heterocycles. The van der Waals surface area contributed by atoms with Gasteiger partial charge >= 0.3 is 0 Å². The van der Waals surface area contributed by atoms with Crippen molar-refractivity contribution in [3.8, 4) is 0 Å². The number of benzene rings is 1. The first-order chi connectivity index (χ1) is 10.0. The van der Waals surface area contributed by atoms with Crippen molar-refractivity contribution < 1.29 is 14.0 Å². The van der Waals surface area contributed by atoms with E-state index in [0.29, 0.717) is 30.2 Å². The molecule has 3 rings (SSSR count). The van der Waals surface area contributed by atoms with Crippen LogP contribution in [-0.2, 0) is 9.59 Å². The molecule has 0 aliphatic carbocycles. The van der Waals surface area contributed by atoms with E-state index in [9.17, 15) is 9.59 Å². The number of carbonyl (C=O) groups excluding carboxylic acids is 2. The fourth-order valence-corrected chi connectivity index (χ4v) is 3.32.